The number of rotatable bonds is 3. The van der Waals surface area contributed by atoms with E-state index < -0.39 is 11.0 Å². The van der Waals surface area contributed by atoms with E-state index >= 15 is 0 Å². The van der Waals surface area contributed by atoms with E-state index in [2.05, 4.69) is 15.3 Å². The Hall–Kier alpha value is -1.96. The number of aromatic nitrogens is 2. The average molecular weight is 239 g/mol. The molecule has 1 aromatic heterocycles. The molecule has 0 radical (unpaired) electrons. The number of hydrogen-bond donors (Lipinski definition) is 2. The maximum atomic E-state index is 11.0. The van der Waals surface area contributed by atoms with Crippen molar-refractivity contribution in [3.63, 3.8) is 0 Å². The third-order valence-electron chi connectivity index (χ3n) is 2.69. The van der Waals surface area contributed by atoms with Gasteiger partial charge in [-0.05, 0) is 6.42 Å². The summed E-state index contributed by atoms with van der Waals surface area (Å²) in [5.41, 5.74) is -0.149. The maximum absolute atomic E-state index is 11.0. The molecule has 0 spiro atoms. The molecule has 1 unspecified atom stereocenters. The first-order chi connectivity index (χ1) is 8.13. The van der Waals surface area contributed by atoms with Gasteiger partial charge in [-0.3, -0.25) is 10.1 Å². The Labute approximate surface area is 97.4 Å². The van der Waals surface area contributed by atoms with Crippen LogP contribution in [0.15, 0.2) is 6.33 Å². The molecule has 17 heavy (non-hydrogen) atoms. The lowest BCUT2D eigenvalue weighted by Crippen LogP contribution is -2.23. The molecule has 1 saturated heterocycles. The molecule has 1 atom stereocenters. The Morgan fingerprint density at radius 1 is 1.65 bits per heavy atom. The molecule has 2 heterocycles. The first kappa shape index (κ1) is 11.5. The lowest BCUT2D eigenvalue weighted by molar-refractivity contribution is -0.383. The highest BCUT2D eigenvalue weighted by Crippen LogP contribution is 2.33. The third kappa shape index (κ3) is 2.11. The van der Waals surface area contributed by atoms with Crippen LogP contribution in [0.5, 0.6) is 0 Å². The monoisotopic (exact) mass is 239 g/mol. The van der Waals surface area contributed by atoms with Gasteiger partial charge in [-0.1, -0.05) is 0 Å². The van der Waals surface area contributed by atoms with Crippen LogP contribution in [0.3, 0.4) is 0 Å². The molecule has 1 aliphatic rings. The third-order valence-corrected chi connectivity index (χ3v) is 2.69. The lowest BCUT2D eigenvalue weighted by atomic mass is 10.3. The number of hydrogen-bond acceptors (Lipinski definition) is 7. The lowest BCUT2D eigenvalue weighted by Gasteiger charge is -2.16. The highest BCUT2D eigenvalue weighted by atomic mass is 16.6. The summed E-state index contributed by atoms with van der Waals surface area (Å²) in [7, 11) is 1.57. The predicted octanol–water partition coefficient (Wildman–Crippen LogP) is -0.00250. The van der Waals surface area contributed by atoms with Crippen molar-refractivity contribution in [3.8, 4) is 0 Å². The topological polar surface area (TPSA) is 104 Å². The fraction of sp³-hybridized carbons (Fsp3) is 0.556. The predicted molar refractivity (Wildman–Crippen MR) is 61.1 cm³/mol. The van der Waals surface area contributed by atoms with Crippen molar-refractivity contribution in [1.82, 2.24) is 9.97 Å². The van der Waals surface area contributed by atoms with Gasteiger partial charge in [0.15, 0.2) is 0 Å². The number of aliphatic hydroxyl groups is 1. The van der Waals surface area contributed by atoms with Gasteiger partial charge in [0, 0.05) is 20.1 Å². The van der Waals surface area contributed by atoms with Gasteiger partial charge in [0.25, 0.3) is 0 Å². The van der Waals surface area contributed by atoms with E-state index in [0.717, 1.165) is 0 Å². The molecule has 2 rings (SSSR count). The maximum Gasteiger partial charge on any atom is 0.353 e. The van der Waals surface area contributed by atoms with E-state index in [4.69, 9.17) is 0 Å². The SMILES string of the molecule is CNc1ncnc(N2CCC(O)C2)c1[N+](=O)[O-]. The van der Waals surface area contributed by atoms with Gasteiger partial charge in [-0.25, -0.2) is 9.97 Å². The van der Waals surface area contributed by atoms with Crippen LogP contribution < -0.4 is 10.2 Å². The molecule has 2 N–H and O–H groups in total. The number of anilines is 2. The van der Waals surface area contributed by atoms with Gasteiger partial charge in [0.2, 0.25) is 11.6 Å². The minimum Gasteiger partial charge on any atom is -0.391 e. The second kappa shape index (κ2) is 4.50. The van der Waals surface area contributed by atoms with Crippen molar-refractivity contribution in [1.29, 1.82) is 0 Å². The summed E-state index contributed by atoms with van der Waals surface area (Å²) in [6.45, 7) is 0.920. The first-order valence-electron chi connectivity index (χ1n) is 5.23. The van der Waals surface area contributed by atoms with Gasteiger partial charge in [0.1, 0.15) is 6.33 Å². The largest absolute Gasteiger partial charge is 0.391 e. The Morgan fingerprint density at radius 2 is 2.41 bits per heavy atom. The minimum atomic E-state index is -0.508. The van der Waals surface area contributed by atoms with Gasteiger partial charge in [-0.15, -0.1) is 0 Å². The summed E-state index contributed by atoms with van der Waals surface area (Å²) in [4.78, 5) is 20.0. The number of β-amino-alcohol motifs (C(OH)–C–C–N with tert-alkyl or cyclic N) is 1. The van der Waals surface area contributed by atoms with Crippen LogP contribution in [0, 0.1) is 10.1 Å². The van der Waals surface area contributed by atoms with Crippen molar-refractivity contribution < 1.29 is 10.0 Å². The molecular formula is C9H13N5O3. The summed E-state index contributed by atoms with van der Waals surface area (Å²) in [5.74, 6) is 0.437. The molecule has 8 nitrogen and oxygen atoms in total. The normalized spacial score (nSPS) is 19.4. The van der Waals surface area contributed by atoms with Crippen LogP contribution >= 0.6 is 0 Å². The summed E-state index contributed by atoms with van der Waals surface area (Å²) in [6, 6.07) is 0. The molecule has 8 heteroatoms. The highest BCUT2D eigenvalue weighted by Gasteiger charge is 2.30. The zero-order valence-electron chi connectivity index (χ0n) is 9.33. The first-order valence-corrected chi connectivity index (χ1v) is 5.23. The number of nitro groups is 1. The summed E-state index contributed by atoms with van der Waals surface area (Å²) in [5, 5.41) is 23.2. The fourth-order valence-electron chi connectivity index (χ4n) is 1.89. The minimum absolute atomic E-state index is 0.149. The molecular weight excluding hydrogens is 226 g/mol. The zero-order valence-corrected chi connectivity index (χ0v) is 9.33. The van der Waals surface area contributed by atoms with E-state index in [1.165, 1.54) is 6.33 Å². The number of nitrogens with one attached hydrogen (secondary N) is 1. The van der Waals surface area contributed by atoms with Gasteiger partial charge < -0.3 is 15.3 Å². The highest BCUT2D eigenvalue weighted by molar-refractivity contribution is 5.70. The second-order valence-electron chi connectivity index (χ2n) is 3.79. The van der Waals surface area contributed by atoms with E-state index in [-0.39, 0.29) is 17.3 Å². The fourth-order valence-corrected chi connectivity index (χ4v) is 1.89. The molecule has 0 saturated carbocycles. The van der Waals surface area contributed by atoms with E-state index in [0.29, 0.717) is 19.5 Å². The van der Waals surface area contributed by atoms with Crippen molar-refractivity contribution in [2.75, 3.05) is 30.4 Å². The molecule has 92 valence electrons. The summed E-state index contributed by atoms with van der Waals surface area (Å²) < 4.78 is 0. The summed E-state index contributed by atoms with van der Waals surface area (Å²) in [6.07, 6.45) is 1.41. The van der Waals surface area contributed by atoms with Gasteiger partial charge in [0.05, 0.1) is 11.0 Å². The van der Waals surface area contributed by atoms with E-state index in [1.54, 1.807) is 11.9 Å². The van der Waals surface area contributed by atoms with Crippen molar-refractivity contribution in [3.05, 3.63) is 16.4 Å². The van der Waals surface area contributed by atoms with Crippen molar-refractivity contribution in [2.45, 2.75) is 12.5 Å². The van der Waals surface area contributed by atoms with Crippen LogP contribution in [0.25, 0.3) is 0 Å². The molecule has 0 aromatic carbocycles. The zero-order chi connectivity index (χ0) is 12.4. The molecule has 0 amide bonds. The van der Waals surface area contributed by atoms with Crippen LogP contribution in [0.1, 0.15) is 6.42 Å². The number of nitrogens with zero attached hydrogens (tertiary/aromatic N) is 4. The van der Waals surface area contributed by atoms with E-state index in [1.807, 2.05) is 0 Å². The number of aliphatic hydroxyl groups excluding tert-OH is 1. The Balaban J connectivity index is 2.42. The van der Waals surface area contributed by atoms with Crippen LogP contribution in [-0.2, 0) is 0 Å². The quantitative estimate of drug-likeness (QED) is 0.565. The van der Waals surface area contributed by atoms with E-state index in [9.17, 15) is 15.2 Å². The molecule has 1 fully saturated rings. The standard InChI is InChI=1S/C9H13N5O3/c1-10-8-7(14(16)17)9(12-5-11-8)13-3-2-6(15)4-13/h5-6,15H,2-4H2,1H3,(H,10,11,12). The van der Waals surface area contributed by atoms with Gasteiger partial charge in [-0.2, -0.15) is 0 Å². The van der Waals surface area contributed by atoms with Gasteiger partial charge >= 0.3 is 5.69 Å². The summed E-state index contributed by atoms with van der Waals surface area (Å²) >= 11 is 0. The smallest absolute Gasteiger partial charge is 0.353 e. The Morgan fingerprint density at radius 3 is 2.94 bits per heavy atom. The van der Waals surface area contributed by atoms with Crippen molar-refractivity contribution in [2.24, 2.45) is 0 Å². The molecule has 0 aliphatic carbocycles. The Kier molecular flexibility index (Phi) is 3.05. The van der Waals surface area contributed by atoms with Crippen LogP contribution in [0.4, 0.5) is 17.3 Å². The Bertz CT molecular complexity index is 439. The molecule has 1 aromatic rings. The average Bonchev–Trinajstić information content (AvgIpc) is 2.74. The second-order valence-corrected chi connectivity index (χ2v) is 3.79. The molecule has 0 bridgehead atoms. The molecule has 1 aliphatic heterocycles. The van der Waals surface area contributed by atoms with Crippen LogP contribution in [0.2, 0.25) is 0 Å². The van der Waals surface area contributed by atoms with Crippen LogP contribution in [-0.4, -0.2) is 46.2 Å². The van der Waals surface area contributed by atoms with Crippen molar-refractivity contribution >= 4 is 17.3 Å².